The summed E-state index contributed by atoms with van der Waals surface area (Å²) in [4.78, 5) is 22.8. The number of hydrogen-bond donors (Lipinski definition) is 2. The molecule has 0 aromatic rings. The van der Waals surface area contributed by atoms with E-state index in [1.165, 1.54) is 4.90 Å². The lowest BCUT2D eigenvalue weighted by Gasteiger charge is -2.21. The van der Waals surface area contributed by atoms with Crippen LogP contribution in [0.5, 0.6) is 0 Å². The second kappa shape index (κ2) is 5.88. The van der Waals surface area contributed by atoms with Crippen LogP contribution in [0, 0.1) is 0 Å². The summed E-state index contributed by atoms with van der Waals surface area (Å²) in [5.74, 6) is -0.241. The molecule has 0 aliphatic heterocycles. The predicted molar refractivity (Wildman–Crippen MR) is 49.7 cm³/mol. The van der Waals surface area contributed by atoms with E-state index in [1.807, 2.05) is 6.92 Å². The van der Waals surface area contributed by atoms with Crippen LogP contribution in [0.1, 0.15) is 19.8 Å². The zero-order valence-corrected chi connectivity index (χ0v) is 8.17. The van der Waals surface area contributed by atoms with E-state index in [-0.39, 0.29) is 5.91 Å². The molecule has 70 valence electrons. The number of rotatable bonds is 5. The predicted octanol–water partition coefficient (Wildman–Crippen LogP) is 0.204. The Kier molecular flexibility index (Phi) is 5.53. The molecule has 0 heterocycles. The standard InChI is InChI=1S/C7H14N2O2S/c1-3-4-6(7(11)8-12)9(2)5-10/h5-6,12H,3-4H2,1-2H3,(H,8,11). The number of carbonyl (C=O) groups excluding carboxylic acids is 2. The van der Waals surface area contributed by atoms with Gasteiger partial charge in [-0.2, -0.15) is 0 Å². The molecule has 0 aromatic heterocycles. The number of carbonyl (C=O) groups is 2. The van der Waals surface area contributed by atoms with Crippen molar-refractivity contribution < 1.29 is 9.59 Å². The lowest BCUT2D eigenvalue weighted by atomic mass is 10.1. The first-order valence-electron chi connectivity index (χ1n) is 3.78. The minimum absolute atomic E-state index is 0.241. The van der Waals surface area contributed by atoms with E-state index >= 15 is 0 Å². The number of amides is 2. The molecule has 0 radical (unpaired) electrons. The van der Waals surface area contributed by atoms with Gasteiger partial charge in [0.05, 0.1) is 0 Å². The highest BCUT2D eigenvalue weighted by Gasteiger charge is 2.19. The van der Waals surface area contributed by atoms with Crippen LogP contribution in [0.3, 0.4) is 0 Å². The topological polar surface area (TPSA) is 49.4 Å². The summed E-state index contributed by atoms with van der Waals surface area (Å²) in [6, 6.07) is -0.398. The summed E-state index contributed by atoms with van der Waals surface area (Å²) < 4.78 is 2.22. The highest BCUT2D eigenvalue weighted by atomic mass is 32.1. The van der Waals surface area contributed by atoms with E-state index < -0.39 is 6.04 Å². The van der Waals surface area contributed by atoms with Crippen LogP contribution < -0.4 is 4.72 Å². The van der Waals surface area contributed by atoms with E-state index in [0.29, 0.717) is 12.8 Å². The summed E-state index contributed by atoms with van der Waals surface area (Å²) in [6.07, 6.45) is 2.15. The molecule has 0 aliphatic rings. The van der Waals surface area contributed by atoms with Gasteiger partial charge in [0, 0.05) is 7.05 Å². The Morgan fingerprint density at radius 1 is 1.75 bits per heavy atom. The van der Waals surface area contributed by atoms with E-state index in [2.05, 4.69) is 17.5 Å². The van der Waals surface area contributed by atoms with Gasteiger partial charge in [-0.05, 0) is 6.42 Å². The Morgan fingerprint density at radius 2 is 2.33 bits per heavy atom. The molecule has 0 spiro atoms. The SMILES string of the molecule is CCCC(C(=O)NS)N(C)C=O. The van der Waals surface area contributed by atoms with E-state index in [4.69, 9.17) is 0 Å². The van der Waals surface area contributed by atoms with E-state index in [9.17, 15) is 9.59 Å². The van der Waals surface area contributed by atoms with Crippen molar-refractivity contribution in [3.8, 4) is 0 Å². The molecule has 0 aliphatic carbocycles. The molecular formula is C7H14N2O2S. The number of thiol groups is 1. The lowest BCUT2D eigenvalue weighted by molar-refractivity contribution is -0.130. The van der Waals surface area contributed by atoms with Gasteiger partial charge in [-0.1, -0.05) is 26.2 Å². The van der Waals surface area contributed by atoms with Crippen LogP contribution in [0.4, 0.5) is 0 Å². The fourth-order valence-corrected chi connectivity index (χ4v) is 1.09. The zero-order chi connectivity index (χ0) is 9.56. The molecule has 0 aromatic carbocycles. The average molecular weight is 190 g/mol. The first kappa shape index (κ1) is 11.3. The molecule has 0 bridgehead atoms. The van der Waals surface area contributed by atoms with Gasteiger partial charge in [0.25, 0.3) is 5.91 Å². The van der Waals surface area contributed by atoms with Crippen molar-refractivity contribution >= 4 is 25.1 Å². The Balaban J connectivity index is 4.20. The highest BCUT2D eigenvalue weighted by Crippen LogP contribution is 2.03. The molecular weight excluding hydrogens is 176 g/mol. The zero-order valence-electron chi connectivity index (χ0n) is 7.28. The second-order valence-electron chi connectivity index (χ2n) is 2.55. The minimum Gasteiger partial charge on any atom is -0.336 e. The molecule has 4 nitrogen and oxygen atoms in total. The molecule has 1 atom stereocenters. The van der Waals surface area contributed by atoms with Crippen LogP contribution in [-0.4, -0.2) is 30.3 Å². The van der Waals surface area contributed by atoms with E-state index in [1.54, 1.807) is 7.05 Å². The summed E-state index contributed by atoms with van der Waals surface area (Å²) >= 11 is 3.64. The highest BCUT2D eigenvalue weighted by molar-refractivity contribution is 7.78. The molecule has 0 saturated carbocycles. The first-order chi connectivity index (χ1) is 5.67. The quantitative estimate of drug-likeness (QED) is 0.481. The largest absolute Gasteiger partial charge is 0.336 e. The maximum absolute atomic E-state index is 11.1. The van der Waals surface area contributed by atoms with Crippen LogP contribution in [0.2, 0.25) is 0 Å². The minimum atomic E-state index is -0.398. The molecule has 2 amide bonds. The van der Waals surface area contributed by atoms with Crippen molar-refractivity contribution in [3.05, 3.63) is 0 Å². The van der Waals surface area contributed by atoms with Crippen LogP contribution in [0.25, 0.3) is 0 Å². The van der Waals surface area contributed by atoms with Crippen molar-refractivity contribution in [2.45, 2.75) is 25.8 Å². The molecule has 0 fully saturated rings. The van der Waals surface area contributed by atoms with Crippen molar-refractivity contribution in [1.29, 1.82) is 0 Å². The van der Waals surface area contributed by atoms with Crippen molar-refractivity contribution in [3.63, 3.8) is 0 Å². The van der Waals surface area contributed by atoms with Gasteiger partial charge >= 0.3 is 0 Å². The fourth-order valence-electron chi connectivity index (χ4n) is 0.941. The first-order valence-corrected chi connectivity index (χ1v) is 4.23. The molecule has 12 heavy (non-hydrogen) atoms. The summed E-state index contributed by atoms with van der Waals surface area (Å²) in [7, 11) is 1.58. The van der Waals surface area contributed by atoms with Crippen LogP contribution >= 0.6 is 12.8 Å². The van der Waals surface area contributed by atoms with Gasteiger partial charge in [-0.25, -0.2) is 0 Å². The molecule has 5 heteroatoms. The van der Waals surface area contributed by atoms with Gasteiger partial charge in [-0.15, -0.1) is 0 Å². The molecule has 1 unspecified atom stereocenters. The Bertz CT molecular complexity index is 163. The van der Waals surface area contributed by atoms with Crippen molar-refractivity contribution in [2.75, 3.05) is 7.05 Å². The number of hydrogen-bond acceptors (Lipinski definition) is 3. The Hall–Kier alpha value is -0.710. The maximum atomic E-state index is 11.1. The van der Waals surface area contributed by atoms with E-state index in [0.717, 1.165) is 6.42 Å². The smallest absolute Gasteiger partial charge is 0.252 e. The molecule has 0 saturated heterocycles. The number of nitrogens with one attached hydrogen (secondary N) is 1. The lowest BCUT2D eigenvalue weighted by Crippen LogP contribution is -2.41. The maximum Gasteiger partial charge on any atom is 0.252 e. The van der Waals surface area contributed by atoms with Gasteiger partial charge in [0.15, 0.2) is 0 Å². The monoisotopic (exact) mass is 190 g/mol. The normalized spacial score (nSPS) is 11.9. The van der Waals surface area contributed by atoms with Crippen LogP contribution in [0.15, 0.2) is 0 Å². The summed E-state index contributed by atoms with van der Waals surface area (Å²) in [5, 5.41) is 0. The average Bonchev–Trinajstić information content (AvgIpc) is 2.11. The molecule has 0 rings (SSSR count). The third kappa shape index (κ3) is 3.13. The number of likely N-dealkylation sites (N-methyl/N-ethyl adjacent to an activating group) is 1. The van der Waals surface area contributed by atoms with Gasteiger partial charge in [0.1, 0.15) is 6.04 Å². The van der Waals surface area contributed by atoms with Gasteiger partial charge in [0.2, 0.25) is 6.41 Å². The summed E-state index contributed by atoms with van der Waals surface area (Å²) in [5.41, 5.74) is 0. The van der Waals surface area contributed by atoms with Gasteiger partial charge < -0.3 is 9.62 Å². The van der Waals surface area contributed by atoms with Gasteiger partial charge in [-0.3, -0.25) is 9.59 Å². The Morgan fingerprint density at radius 3 is 2.67 bits per heavy atom. The fraction of sp³-hybridized carbons (Fsp3) is 0.714. The van der Waals surface area contributed by atoms with Crippen LogP contribution in [-0.2, 0) is 9.59 Å². The number of nitrogens with zero attached hydrogens (tertiary/aromatic N) is 1. The molecule has 1 N–H and O–H groups in total. The van der Waals surface area contributed by atoms with Crippen molar-refractivity contribution in [1.82, 2.24) is 9.62 Å². The van der Waals surface area contributed by atoms with Crippen molar-refractivity contribution in [2.24, 2.45) is 0 Å². The summed E-state index contributed by atoms with van der Waals surface area (Å²) in [6.45, 7) is 1.96. The Labute approximate surface area is 77.9 Å². The third-order valence-electron chi connectivity index (χ3n) is 1.63. The third-order valence-corrected chi connectivity index (χ3v) is 1.85. The second-order valence-corrected chi connectivity index (χ2v) is 2.78.